The summed E-state index contributed by atoms with van der Waals surface area (Å²) in [6.45, 7) is 6.20. The van der Waals surface area contributed by atoms with Crippen molar-refractivity contribution in [3.63, 3.8) is 0 Å². The van der Waals surface area contributed by atoms with Crippen molar-refractivity contribution in [1.82, 2.24) is 0 Å². The van der Waals surface area contributed by atoms with E-state index in [1.54, 1.807) is 13.8 Å². The van der Waals surface area contributed by atoms with Crippen LogP contribution in [0.3, 0.4) is 0 Å². The molecule has 1 aromatic rings. The molecule has 0 aliphatic carbocycles. The molecule has 106 valence electrons. The van der Waals surface area contributed by atoms with Gasteiger partial charge in [0.05, 0.1) is 18.2 Å². The predicted molar refractivity (Wildman–Crippen MR) is 74.0 cm³/mol. The molecule has 1 heterocycles. The van der Waals surface area contributed by atoms with Gasteiger partial charge in [0, 0.05) is 24.9 Å². The third-order valence-corrected chi connectivity index (χ3v) is 3.97. The molecule has 1 aliphatic heterocycles. The molecular weight excluding hydrogens is 245 g/mol. The lowest BCUT2D eigenvalue weighted by atomic mass is 10.0. The van der Waals surface area contributed by atoms with E-state index in [0.717, 1.165) is 18.7 Å². The first kappa shape index (κ1) is 14.3. The van der Waals surface area contributed by atoms with Crippen LogP contribution >= 0.6 is 0 Å². The first-order chi connectivity index (χ1) is 8.91. The molecule has 1 saturated heterocycles. The summed E-state index contributed by atoms with van der Waals surface area (Å²) in [7, 11) is 1.98. The van der Waals surface area contributed by atoms with Crippen molar-refractivity contribution in [3.05, 3.63) is 29.1 Å². The van der Waals surface area contributed by atoms with Crippen LogP contribution in [0.2, 0.25) is 0 Å². The van der Waals surface area contributed by atoms with Gasteiger partial charge < -0.3 is 14.7 Å². The molecule has 4 heteroatoms. The topological polar surface area (TPSA) is 32.7 Å². The van der Waals surface area contributed by atoms with E-state index in [-0.39, 0.29) is 18.0 Å². The Bertz CT molecular complexity index is 462. The molecule has 1 fully saturated rings. The Morgan fingerprint density at radius 3 is 2.68 bits per heavy atom. The molecule has 0 amide bonds. The summed E-state index contributed by atoms with van der Waals surface area (Å²) in [5.74, 6) is -0.274. The highest BCUT2D eigenvalue weighted by Crippen LogP contribution is 2.32. The second-order valence-electron chi connectivity index (χ2n) is 5.38. The molecule has 0 aromatic heterocycles. The number of nitrogens with zero attached hydrogens (tertiary/aromatic N) is 1. The maximum Gasteiger partial charge on any atom is 0.126 e. The van der Waals surface area contributed by atoms with E-state index in [0.29, 0.717) is 11.1 Å². The maximum atomic E-state index is 13.7. The molecular formula is C15H22FNO2. The first-order valence-electron chi connectivity index (χ1n) is 6.74. The number of ether oxygens (including phenoxy) is 1. The summed E-state index contributed by atoms with van der Waals surface area (Å²) in [6, 6.07) is 3.51. The Kier molecular flexibility index (Phi) is 4.11. The van der Waals surface area contributed by atoms with Crippen molar-refractivity contribution in [3.8, 4) is 0 Å². The number of aliphatic hydroxyl groups is 1. The minimum Gasteiger partial charge on any atom is -0.389 e. The van der Waals surface area contributed by atoms with Crippen LogP contribution < -0.4 is 4.90 Å². The molecule has 0 bridgehead atoms. The van der Waals surface area contributed by atoms with Crippen LogP contribution in [-0.2, 0) is 4.74 Å². The average Bonchev–Trinajstić information content (AvgIpc) is 2.77. The third-order valence-electron chi connectivity index (χ3n) is 3.97. The van der Waals surface area contributed by atoms with Crippen molar-refractivity contribution in [1.29, 1.82) is 0 Å². The van der Waals surface area contributed by atoms with Gasteiger partial charge in [-0.3, -0.25) is 0 Å². The van der Waals surface area contributed by atoms with E-state index in [2.05, 4.69) is 4.90 Å². The number of anilines is 1. The van der Waals surface area contributed by atoms with Gasteiger partial charge in [0.25, 0.3) is 0 Å². The van der Waals surface area contributed by atoms with Crippen molar-refractivity contribution in [2.75, 3.05) is 18.6 Å². The molecule has 2 unspecified atom stereocenters. The van der Waals surface area contributed by atoms with E-state index in [1.807, 2.05) is 20.0 Å². The van der Waals surface area contributed by atoms with Gasteiger partial charge in [-0.05, 0) is 44.9 Å². The summed E-state index contributed by atoms with van der Waals surface area (Å²) < 4.78 is 19.3. The van der Waals surface area contributed by atoms with Gasteiger partial charge >= 0.3 is 0 Å². The zero-order valence-electron chi connectivity index (χ0n) is 12.0. The normalized spacial score (nSPS) is 24.5. The standard InChI is InChI=1S/C15H22FNO2/c1-9-7-15(12(10(2)18)8-13(9)16)17(4)14-5-6-19-11(14)3/h7-8,10-11,14,18H,5-6H2,1-4H3/t10-,11?,14?/m0/s1. The van der Waals surface area contributed by atoms with Crippen LogP contribution in [0.25, 0.3) is 0 Å². The van der Waals surface area contributed by atoms with Gasteiger partial charge in [-0.1, -0.05) is 0 Å². The zero-order valence-corrected chi connectivity index (χ0v) is 12.0. The molecule has 3 atom stereocenters. The summed E-state index contributed by atoms with van der Waals surface area (Å²) in [5, 5.41) is 9.85. The predicted octanol–water partition coefficient (Wildman–Crippen LogP) is 2.80. The average molecular weight is 267 g/mol. The number of likely N-dealkylation sites (N-methyl/N-ethyl adjacent to an activating group) is 1. The van der Waals surface area contributed by atoms with Gasteiger partial charge in [-0.2, -0.15) is 0 Å². The lowest BCUT2D eigenvalue weighted by Crippen LogP contribution is -2.37. The van der Waals surface area contributed by atoms with Crippen molar-refractivity contribution < 1.29 is 14.2 Å². The fourth-order valence-electron chi connectivity index (χ4n) is 2.73. The van der Waals surface area contributed by atoms with E-state index < -0.39 is 6.10 Å². The van der Waals surface area contributed by atoms with E-state index >= 15 is 0 Å². The highest BCUT2D eigenvalue weighted by Gasteiger charge is 2.29. The van der Waals surface area contributed by atoms with Gasteiger partial charge in [0.15, 0.2) is 0 Å². The second-order valence-corrected chi connectivity index (χ2v) is 5.38. The monoisotopic (exact) mass is 267 g/mol. The smallest absolute Gasteiger partial charge is 0.126 e. The minimum absolute atomic E-state index is 0.150. The summed E-state index contributed by atoms with van der Waals surface area (Å²) in [6.07, 6.45) is 0.412. The van der Waals surface area contributed by atoms with Crippen molar-refractivity contribution in [2.24, 2.45) is 0 Å². The first-order valence-corrected chi connectivity index (χ1v) is 6.74. The number of benzene rings is 1. The SMILES string of the molecule is Cc1cc(N(C)C2CCOC2C)c([C@H](C)O)cc1F. The fourth-order valence-corrected chi connectivity index (χ4v) is 2.73. The van der Waals surface area contributed by atoms with E-state index in [1.165, 1.54) is 6.07 Å². The minimum atomic E-state index is -0.690. The van der Waals surface area contributed by atoms with Crippen molar-refractivity contribution in [2.45, 2.75) is 45.4 Å². The van der Waals surface area contributed by atoms with Crippen LogP contribution in [0.5, 0.6) is 0 Å². The highest BCUT2D eigenvalue weighted by atomic mass is 19.1. The van der Waals surface area contributed by atoms with Gasteiger partial charge in [0.2, 0.25) is 0 Å². The molecule has 1 N–H and O–H groups in total. The lowest BCUT2D eigenvalue weighted by Gasteiger charge is -2.31. The van der Waals surface area contributed by atoms with Gasteiger partial charge in [-0.25, -0.2) is 4.39 Å². The molecule has 0 radical (unpaired) electrons. The number of aliphatic hydroxyl groups excluding tert-OH is 1. The molecule has 19 heavy (non-hydrogen) atoms. The molecule has 1 aliphatic rings. The van der Waals surface area contributed by atoms with Gasteiger partial charge in [0.1, 0.15) is 5.82 Å². The second kappa shape index (κ2) is 5.47. The van der Waals surface area contributed by atoms with E-state index in [4.69, 9.17) is 4.74 Å². The largest absolute Gasteiger partial charge is 0.389 e. The molecule has 1 aromatic carbocycles. The van der Waals surface area contributed by atoms with Crippen LogP contribution in [0.1, 0.15) is 37.5 Å². The Balaban J connectivity index is 2.39. The third kappa shape index (κ3) is 2.74. The Morgan fingerprint density at radius 1 is 1.47 bits per heavy atom. The number of aryl methyl sites for hydroxylation is 1. The Morgan fingerprint density at radius 2 is 2.16 bits per heavy atom. The Hall–Kier alpha value is -1.13. The van der Waals surface area contributed by atoms with E-state index in [9.17, 15) is 9.50 Å². The highest BCUT2D eigenvalue weighted by molar-refractivity contribution is 5.57. The van der Waals surface area contributed by atoms with Crippen LogP contribution in [-0.4, -0.2) is 30.9 Å². The molecule has 2 rings (SSSR count). The van der Waals surface area contributed by atoms with Crippen molar-refractivity contribution >= 4 is 5.69 Å². The lowest BCUT2D eigenvalue weighted by molar-refractivity contribution is 0.118. The van der Waals surface area contributed by atoms with Crippen LogP contribution in [0.15, 0.2) is 12.1 Å². The number of rotatable bonds is 3. The molecule has 0 spiro atoms. The van der Waals surface area contributed by atoms with Crippen LogP contribution in [0, 0.1) is 12.7 Å². The molecule has 3 nitrogen and oxygen atoms in total. The van der Waals surface area contributed by atoms with Crippen LogP contribution in [0.4, 0.5) is 10.1 Å². The fraction of sp³-hybridized carbons (Fsp3) is 0.600. The summed E-state index contributed by atoms with van der Waals surface area (Å²) >= 11 is 0. The zero-order chi connectivity index (χ0) is 14.2. The summed E-state index contributed by atoms with van der Waals surface area (Å²) in [5.41, 5.74) is 2.11. The summed E-state index contributed by atoms with van der Waals surface area (Å²) in [4.78, 5) is 2.10. The quantitative estimate of drug-likeness (QED) is 0.914. The number of hydrogen-bond acceptors (Lipinski definition) is 3. The Labute approximate surface area is 114 Å². The maximum absolute atomic E-state index is 13.7. The molecule has 0 saturated carbocycles. The van der Waals surface area contributed by atoms with Gasteiger partial charge in [-0.15, -0.1) is 0 Å². The number of hydrogen-bond donors (Lipinski definition) is 1. The number of halogens is 1.